The summed E-state index contributed by atoms with van der Waals surface area (Å²) in [4.78, 5) is 51.3. The molecule has 3 saturated carbocycles. The van der Waals surface area contributed by atoms with E-state index in [9.17, 15) is 24.3 Å². The van der Waals surface area contributed by atoms with Gasteiger partial charge in [-0.15, -0.1) is 0 Å². The number of aliphatic hydroxyl groups excluding tert-OH is 1. The van der Waals surface area contributed by atoms with Crippen LogP contribution in [-0.2, 0) is 35.0 Å². The van der Waals surface area contributed by atoms with Crippen molar-refractivity contribution in [1.82, 2.24) is 0 Å². The zero-order chi connectivity index (χ0) is 37.3. The van der Waals surface area contributed by atoms with Crippen LogP contribution < -0.4 is 0 Å². The van der Waals surface area contributed by atoms with Gasteiger partial charge in [0, 0.05) is 23.9 Å². The molecule has 0 amide bonds. The summed E-state index contributed by atoms with van der Waals surface area (Å²) < 4.78 is 18.2. The van der Waals surface area contributed by atoms with Crippen molar-refractivity contribution in [2.75, 3.05) is 13.7 Å². The van der Waals surface area contributed by atoms with Gasteiger partial charge in [0.25, 0.3) is 0 Å². The maximum absolute atomic E-state index is 14.6. The molecule has 8 unspecified atom stereocenters. The summed E-state index contributed by atoms with van der Waals surface area (Å²) in [5, 5.41) is 29.6. The molecule has 0 aromatic heterocycles. The van der Waals surface area contributed by atoms with Crippen molar-refractivity contribution in [3.63, 3.8) is 0 Å². The average molecular weight is 713 g/mol. The smallest absolute Gasteiger partial charge is 0.335 e. The molecular formula is C41H48N2O9. The van der Waals surface area contributed by atoms with Gasteiger partial charge < -0.3 is 24.4 Å². The van der Waals surface area contributed by atoms with Crippen molar-refractivity contribution < 1.29 is 43.6 Å². The molecule has 4 aliphatic carbocycles. The van der Waals surface area contributed by atoms with E-state index in [1.165, 1.54) is 12.1 Å². The van der Waals surface area contributed by atoms with Crippen LogP contribution in [0.5, 0.6) is 0 Å². The number of ketones is 2. The van der Waals surface area contributed by atoms with E-state index in [4.69, 9.17) is 19.3 Å². The first-order valence-corrected chi connectivity index (χ1v) is 18.2. The van der Waals surface area contributed by atoms with Crippen LogP contribution >= 0.6 is 0 Å². The highest BCUT2D eigenvalue weighted by Crippen LogP contribution is 2.68. The second-order valence-corrected chi connectivity index (χ2v) is 15.1. The molecule has 0 heterocycles. The molecule has 0 aliphatic heterocycles. The van der Waals surface area contributed by atoms with Gasteiger partial charge in [-0.2, -0.15) is 10.2 Å². The number of methoxy groups -OCH3 is 1. The molecule has 0 radical (unpaired) electrons. The fourth-order valence-corrected chi connectivity index (χ4v) is 9.73. The van der Waals surface area contributed by atoms with Gasteiger partial charge in [0.05, 0.1) is 29.5 Å². The molecule has 6 rings (SSSR count). The third-order valence-corrected chi connectivity index (χ3v) is 12.3. The number of esters is 1. The number of carbonyl (C=O) groups excluding carboxylic acids is 3. The molecule has 52 heavy (non-hydrogen) atoms. The number of Topliss-reactive ketones (excluding diaryl/α,β-unsaturated/α-hetero) is 1. The lowest BCUT2D eigenvalue weighted by Gasteiger charge is -2.60. The number of carboxylic acid groups (broad SMARTS) is 1. The van der Waals surface area contributed by atoms with Gasteiger partial charge >= 0.3 is 11.9 Å². The lowest BCUT2D eigenvalue weighted by atomic mass is 9.46. The Hall–Kier alpha value is -4.32. The Balaban J connectivity index is 1.21. The summed E-state index contributed by atoms with van der Waals surface area (Å²) in [5.41, 5.74) is 0.0691. The second-order valence-electron chi connectivity index (χ2n) is 15.1. The Kier molecular flexibility index (Phi) is 10.8. The van der Waals surface area contributed by atoms with Crippen molar-refractivity contribution in [3.8, 4) is 0 Å². The molecule has 4 aliphatic rings. The normalized spacial score (nSPS) is 31.3. The van der Waals surface area contributed by atoms with Crippen molar-refractivity contribution in [2.24, 2.45) is 38.8 Å². The minimum atomic E-state index is -1.35. The zero-order valence-corrected chi connectivity index (χ0v) is 30.2. The van der Waals surface area contributed by atoms with Gasteiger partial charge in [-0.3, -0.25) is 14.4 Å². The fraction of sp³-hybridized carbons (Fsp3) is 0.512. The number of fused-ring (bicyclic) bond motifs is 5. The predicted molar refractivity (Wildman–Crippen MR) is 191 cm³/mol. The minimum Gasteiger partial charge on any atom is -0.478 e. The highest BCUT2D eigenvalue weighted by Gasteiger charge is 2.69. The molecule has 8 atom stereocenters. The SMILES string of the molecule is CCCC(OC)OC1(C(=O)COC(=O)Cc2ccccc2N=Nc2ccc(C(=O)O)cc2)CCC2C3CCC4=CC(=O)C=CC4(C)C3C(O)CC21C. The quantitative estimate of drug-likeness (QED) is 0.124. The number of aliphatic hydroxyl groups is 1. The molecule has 2 aromatic carbocycles. The van der Waals surface area contributed by atoms with Crippen molar-refractivity contribution >= 4 is 34.9 Å². The number of carboxylic acids is 1. The summed E-state index contributed by atoms with van der Waals surface area (Å²) in [7, 11) is 1.56. The molecule has 2 aromatic rings. The number of allylic oxidation sites excluding steroid dienone is 4. The molecule has 0 saturated heterocycles. The largest absolute Gasteiger partial charge is 0.478 e. The van der Waals surface area contributed by atoms with Crippen LogP contribution in [0.25, 0.3) is 0 Å². The first-order chi connectivity index (χ1) is 24.8. The molecule has 2 N–H and O–H groups in total. The summed E-state index contributed by atoms with van der Waals surface area (Å²) >= 11 is 0. The molecule has 11 heteroatoms. The lowest BCUT2D eigenvalue weighted by Crippen LogP contribution is -2.63. The first-order valence-electron chi connectivity index (χ1n) is 18.2. The summed E-state index contributed by atoms with van der Waals surface area (Å²) in [6.45, 7) is 5.69. The average Bonchev–Trinajstić information content (AvgIpc) is 3.42. The minimum absolute atomic E-state index is 0.0197. The number of nitrogens with zero attached hydrogens (tertiary/aromatic N) is 2. The third kappa shape index (κ3) is 6.81. The summed E-state index contributed by atoms with van der Waals surface area (Å²) in [6, 6.07) is 12.9. The van der Waals surface area contributed by atoms with Crippen molar-refractivity contribution in [3.05, 3.63) is 83.5 Å². The Morgan fingerprint density at radius 3 is 2.50 bits per heavy atom. The van der Waals surface area contributed by atoms with Gasteiger partial charge in [-0.1, -0.05) is 57.0 Å². The molecule has 0 spiro atoms. The van der Waals surface area contributed by atoms with Crippen LogP contribution in [0, 0.1) is 28.6 Å². The number of carbonyl (C=O) groups is 4. The standard InChI is InChI=1S/C41H48N2O9/c1-5-8-36(50-4)52-41(20-18-31-30-16-13-27-22-29(44)17-19-39(27,2)37(30)33(45)23-40(31,41)3)34(46)24-51-35(47)21-26-9-6-7-10-32(26)43-42-28-14-11-25(12-15-28)38(48)49/h6-7,9-12,14-15,17,19,22,30-31,33,36-37,45H,5,8,13,16,18,20-21,23-24H2,1-4H3,(H,48,49). The van der Waals surface area contributed by atoms with E-state index in [1.807, 2.05) is 19.9 Å². The van der Waals surface area contributed by atoms with E-state index in [1.54, 1.807) is 55.7 Å². The molecule has 0 bridgehead atoms. The molecular weight excluding hydrogens is 664 g/mol. The van der Waals surface area contributed by atoms with E-state index < -0.39 is 47.4 Å². The monoisotopic (exact) mass is 712 g/mol. The van der Waals surface area contributed by atoms with Crippen LogP contribution in [0.15, 0.2) is 82.6 Å². The predicted octanol–water partition coefficient (Wildman–Crippen LogP) is 7.26. The van der Waals surface area contributed by atoms with Gasteiger partial charge in [-0.05, 0) is 98.4 Å². The summed E-state index contributed by atoms with van der Waals surface area (Å²) in [5.74, 6) is -1.97. The maximum atomic E-state index is 14.6. The van der Waals surface area contributed by atoms with E-state index in [0.717, 1.165) is 24.8 Å². The van der Waals surface area contributed by atoms with Gasteiger partial charge in [0.2, 0.25) is 5.78 Å². The zero-order valence-electron chi connectivity index (χ0n) is 30.2. The van der Waals surface area contributed by atoms with Gasteiger partial charge in [-0.25, -0.2) is 4.79 Å². The fourth-order valence-electron chi connectivity index (χ4n) is 9.73. The highest BCUT2D eigenvalue weighted by molar-refractivity contribution is 6.01. The lowest BCUT2D eigenvalue weighted by molar-refractivity contribution is -0.248. The molecule has 3 fully saturated rings. The van der Waals surface area contributed by atoms with Gasteiger partial charge in [0.1, 0.15) is 5.60 Å². The number of rotatable bonds is 13. The van der Waals surface area contributed by atoms with Crippen molar-refractivity contribution in [1.29, 1.82) is 0 Å². The first kappa shape index (κ1) is 37.4. The van der Waals surface area contributed by atoms with Crippen LogP contribution in [0.2, 0.25) is 0 Å². The van der Waals surface area contributed by atoms with Crippen LogP contribution in [-0.4, -0.2) is 65.4 Å². The van der Waals surface area contributed by atoms with Crippen LogP contribution in [0.4, 0.5) is 11.4 Å². The number of hydrogen-bond acceptors (Lipinski definition) is 10. The van der Waals surface area contributed by atoms with Crippen LogP contribution in [0.3, 0.4) is 0 Å². The van der Waals surface area contributed by atoms with E-state index >= 15 is 0 Å². The van der Waals surface area contributed by atoms with E-state index in [0.29, 0.717) is 42.6 Å². The third-order valence-electron chi connectivity index (χ3n) is 12.3. The molecule has 276 valence electrons. The number of aromatic carboxylic acids is 1. The number of benzene rings is 2. The Labute approximate surface area is 304 Å². The number of hydrogen-bond donors (Lipinski definition) is 2. The summed E-state index contributed by atoms with van der Waals surface area (Å²) in [6.07, 6.45) is 8.10. The van der Waals surface area contributed by atoms with Gasteiger partial charge in [0.15, 0.2) is 18.7 Å². The maximum Gasteiger partial charge on any atom is 0.335 e. The number of ether oxygens (including phenoxy) is 3. The highest BCUT2D eigenvalue weighted by atomic mass is 16.7. The van der Waals surface area contributed by atoms with Crippen LogP contribution in [0.1, 0.15) is 81.6 Å². The Morgan fingerprint density at radius 1 is 1.04 bits per heavy atom. The molecule has 11 nitrogen and oxygen atoms in total. The van der Waals surface area contributed by atoms with E-state index in [2.05, 4.69) is 17.2 Å². The van der Waals surface area contributed by atoms with Crippen molar-refractivity contribution in [2.45, 2.75) is 90.1 Å². The Bertz CT molecular complexity index is 1800. The second kappa shape index (κ2) is 15.0. The number of azo groups is 1. The Morgan fingerprint density at radius 2 is 1.79 bits per heavy atom. The topological polar surface area (TPSA) is 161 Å². The van der Waals surface area contributed by atoms with E-state index in [-0.39, 0.29) is 41.3 Å².